The fourth-order valence-corrected chi connectivity index (χ4v) is 2.16. The van der Waals surface area contributed by atoms with Crippen molar-refractivity contribution < 1.29 is 9.21 Å². The van der Waals surface area contributed by atoms with Crippen LogP contribution in [0.5, 0.6) is 0 Å². The van der Waals surface area contributed by atoms with E-state index in [1.807, 2.05) is 32.9 Å². The zero-order valence-corrected chi connectivity index (χ0v) is 12.2. The van der Waals surface area contributed by atoms with Gasteiger partial charge >= 0.3 is 0 Å². The molecule has 104 valence electrons. The molecule has 0 spiro atoms. The lowest BCUT2D eigenvalue weighted by Crippen LogP contribution is -2.29. The topological polar surface area (TPSA) is 68.3 Å². The van der Waals surface area contributed by atoms with Crippen LogP contribution in [0.3, 0.4) is 0 Å². The summed E-state index contributed by atoms with van der Waals surface area (Å²) in [5.74, 6) is 0.184. The molecule has 0 saturated heterocycles. The molecule has 0 unspecified atom stereocenters. The molecular formula is C14H19ClN2O2. The van der Waals surface area contributed by atoms with Gasteiger partial charge in [0.05, 0.1) is 0 Å². The van der Waals surface area contributed by atoms with Gasteiger partial charge < -0.3 is 15.5 Å². The molecule has 4 nitrogen and oxygen atoms in total. The lowest BCUT2D eigenvalue weighted by Gasteiger charge is -2.00. The largest absolute Gasteiger partial charge is 0.450 e. The summed E-state index contributed by atoms with van der Waals surface area (Å²) in [6.07, 6.45) is 0. The first-order valence-corrected chi connectivity index (χ1v) is 6.03. The molecule has 0 aliphatic carbocycles. The predicted octanol–water partition coefficient (Wildman–Crippen LogP) is 2.47. The van der Waals surface area contributed by atoms with Gasteiger partial charge in [-0.05, 0) is 31.9 Å². The van der Waals surface area contributed by atoms with Crippen molar-refractivity contribution in [3.8, 4) is 0 Å². The van der Waals surface area contributed by atoms with Gasteiger partial charge in [0.1, 0.15) is 5.58 Å². The minimum Gasteiger partial charge on any atom is -0.450 e. The van der Waals surface area contributed by atoms with E-state index in [0.717, 1.165) is 27.7 Å². The minimum atomic E-state index is -0.201. The zero-order valence-electron chi connectivity index (χ0n) is 11.4. The van der Waals surface area contributed by atoms with Gasteiger partial charge in [-0.3, -0.25) is 4.79 Å². The van der Waals surface area contributed by atoms with E-state index in [1.165, 1.54) is 0 Å². The van der Waals surface area contributed by atoms with E-state index in [2.05, 4.69) is 5.32 Å². The lowest BCUT2D eigenvalue weighted by atomic mass is 10.0. The van der Waals surface area contributed by atoms with Crippen LogP contribution in [0.2, 0.25) is 0 Å². The molecule has 1 aromatic carbocycles. The maximum absolute atomic E-state index is 12.0. The Morgan fingerprint density at radius 2 is 1.89 bits per heavy atom. The summed E-state index contributed by atoms with van der Waals surface area (Å²) >= 11 is 0. The Kier molecular flexibility index (Phi) is 4.97. The van der Waals surface area contributed by atoms with Crippen molar-refractivity contribution >= 4 is 29.3 Å². The van der Waals surface area contributed by atoms with Crippen molar-refractivity contribution in [1.29, 1.82) is 0 Å². The number of hydrogen-bond donors (Lipinski definition) is 2. The monoisotopic (exact) mass is 282 g/mol. The first-order chi connectivity index (χ1) is 8.56. The number of carbonyl (C=O) groups is 1. The molecule has 1 aromatic heterocycles. The Labute approximate surface area is 118 Å². The Bertz CT molecular complexity index is 605. The molecule has 2 aromatic rings. The van der Waals surface area contributed by atoms with Gasteiger partial charge in [0.2, 0.25) is 0 Å². The van der Waals surface area contributed by atoms with Crippen molar-refractivity contribution in [3.05, 3.63) is 34.6 Å². The Balaban J connectivity index is 0.00000180. The number of carbonyl (C=O) groups excluding carboxylic acids is 1. The highest BCUT2D eigenvalue weighted by molar-refractivity contribution is 6.00. The van der Waals surface area contributed by atoms with Gasteiger partial charge in [0, 0.05) is 24.0 Å². The molecule has 0 atom stereocenters. The average Bonchev–Trinajstić information content (AvgIpc) is 2.70. The number of halogens is 1. The Hall–Kier alpha value is -1.52. The van der Waals surface area contributed by atoms with Crippen LogP contribution in [0.4, 0.5) is 0 Å². The quantitative estimate of drug-likeness (QED) is 0.909. The summed E-state index contributed by atoms with van der Waals surface area (Å²) in [7, 11) is 0. The van der Waals surface area contributed by atoms with Crippen LogP contribution in [0.1, 0.15) is 27.2 Å². The molecule has 1 amide bonds. The first kappa shape index (κ1) is 15.5. The van der Waals surface area contributed by atoms with E-state index in [0.29, 0.717) is 18.8 Å². The highest BCUT2D eigenvalue weighted by Crippen LogP contribution is 2.30. The number of nitrogens with two attached hydrogens (primary N) is 1. The number of nitrogens with one attached hydrogen (secondary N) is 1. The fraction of sp³-hybridized carbons (Fsp3) is 0.357. The number of amides is 1. The zero-order chi connectivity index (χ0) is 13.3. The molecule has 0 saturated carbocycles. The van der Waals surface area contributed by atoms with Gasteiger partial charge in [-0.1, -0.05) is 12.1 Å². The Morgan fingerprint density at radius 1 is 1.26 bits per heavy atom. The molecule has 1 heterocycles. The third-order valence-electron chi connectivity index (χ3n) is 3.12. The molecule has 0 radical (unpaired) electrons. The minimum absolute atomic E-state index is 0. The van der Waals surface area contributed by atoms with Crippen molar-refractivity contribution in [2.24, 2.45) is 5.73 Å². The van der Waals surface area contributed by atoms with Gasteiger partial charge in [0.15, 0.2) is 5.76 Å². The third kappa shape index (κ3) is 2.74. The van der Waals surface area contributed by atoms with Gasteiger partial charge in [-0.2, -0.15) is 0 Å². The smallest absolute Gasteiger partial charge is 0.287 e. The van der Waals surface area contributed by atoms with E-state index in [4.69, 9.17) is 10.2 Å². The third-order valence-corrected chi connectivity index (χ3v) is 3.12. The van der Waals surface area contributed by atoms with Crippen LogP contribution in [0, 0.1) is 20.8 Å². The van der Waals surface area contributed by atoms with Crippen LogP contribution < -0.4 is 11.1 Å². The highest BCUT2D eigenvalue weighted by Gasteiger charge is 2.19. The first-order valence-electron chi connectivity index (χ1n) is 6.03. The van der Waals surface area contributed by atoms with Crippen LogP contribution in [0.15, 0.2) is 16.5 Å². The van der Waals surface area contributed by atoms with E-state index in [1.54, 1.807) is 0 Å². The van der Waals surface area contributed by atoms with E-state index in [9.17, 15) is 4.79 Å². The average molecular weight is 283 g/mol. The second-order valence-electron chi connectivity index (χ2n) is 4.50. The normalized spacial score (nSPS) is 10.3. The number of rotatable bonds is 3. The SMILES string of the molecule is Cc1ccc(C)c2c(C)c(C(=O)NCCN)oc12.Cl. The van der Waals surface area contributed by atoms with Crippen LogP contribution in [-0.2, 0) is 0 Å². The van der Waals surface area contributed by atoms with Gasteiger partial charge in [0.25, 0.3) is 5.91 Å². The maximum Gasteiger partial charge on any atom is 0.287 e. The summed E-state index contributed by atoms with van der Waals surface area (Å²) in [6.45, 7) is 6.78. The summed E-state index contributed by atoms with van der Waals surface area (Å²) < 4.78 is 5.72. The van der Waals surface area contributed by atoms with E-state index < -0.39 is 0 Å². The van der Waals surface area contributed by atoms with Gasteiger partial charge in [-0.25, -0.2) is 0 Å². The molecule has 5 heteroatoms. The second-order valence-corrected chi connectivity index (χ2v) is 4.50. The molecule has 0 bridgehead atoms. The standard InChI is InChI=1S/C14H18N2O2.ClH/c1-8-4-5-9(2)12-11(8)10(3)13(18-12)14(17)16-7-6-15;/h4-5H,6-7,15H2,1-3H3,(H,16,17);1H. The molecule has 0 aliphatic rings. The summed E-state index contributed by atoms with van der Waals surface area (Å²) in [4.78, 5) is 12.0. The number of benzene rings is 1. The summed E-state index contributed by atoms with van der Waals surface area (Å²) in [6, 6.07) is 4.05. The number of furan rings is 1. The van der Waals surface area contributed by atoms with Crippen molar-refractivity contribution in [1.82, 2.24) is 5.32 Å². The highest BCUT2D eigenvalue weighted by atomic mass is 35.5. The molecule has 0 aliphatic heterocycles. The van der Waals surface area contributed by atoms with Gasteiger partial charge in [-0.15, -0.1) is 12.4 Å². The van der Waals surface area contributed by atoms with Crippen LogP contribution in [-0.4, -0.2) is 19.0 Å². The van der Waals surface area contributed by atoms with E-state index in [-0.39, 0.29) is 18.3 Å². The van der Waals surface area contributed by atoms with Crippen LogP contribution >= 0.6 is 12.4 Å². The van der Waals surface area contributed by atoms with Crippen molar-refractivity contribution in [3.63, 3.8) is 0 Å². The van der Waals surface area contributed by atoms with Crippen molar-refractivity contribution in [2.75, 3.05) is 13.1 Å². The molecule has 19 heavy (non-hydrogen) atoms. The maximum atomic E-state index is 12.0. The summed E-state index contributed by atoms with van der Waals surface area (Å²) in [5.41, 5.74) is 9.22. The lowest BCUT2D eigenvalue weighted by molar-refractivity contribution is 0.0928. The number of aryl methyl sites for hydroxylation is 3. The Morgan fingerprint density at radius 3 is 2.47 bits per heavy atom. The predicted molar refractivity (Wildman–Crippen MR) is 79.1 cm³/mol. The molecule has 0 fully saturated rings. The number of hydrogen-bond acceptors (Lipinski definition) is 3. The van der Waals surface area contributed by atoms with E-state index >= 15 is 0 Å². The van der Waals surface area contributed by atoms with Crippen molar-refractivity contribution in [2.45, 2.75) is 20.8 Å². The summed E-state index contributed by atoms with van der Waals surface area (Å²) in [5, 5.41) is 3.77. The molecule has 2 rings (SSSR count). The number of fused-ring (bicyclic) bond motifs is 1. The molecular weight excluding hydrogens is 264 g/mol. The molecule has 3 N–H and O–H groups in total. The fourth-order valence-electron chi connectivity index (χ4n) is 2.16. The second kappa shape index (κ2) is 6.08. The van der Waals surface area contributed by atoms with Crippen LogP contribution in [0.25, 0.3) is 11.0 Å².